The van der Waals surface area contributed by atoms with Crippen molar-refractivity contribution < 1.29 is 14.4 Å². The highest BCUT2D eigenvalue weighted by atomic mass is 16.6. The van der Waals surface area contributed by atoms with Gasteiger partial charge in [0.05, 0.1) is 23.7 Å². The fourth-order valence-corrected chi connectivity index (χ4v) is 2.51. The molecule has 1 aromatic rings. The summed E-state index contributed by atoms with van der Waals surface area (Å²) in [6, 6.07) is 3.74. The molecule has 0 aromatic heterocycles. The van der Waals surface area contributed by atoms with Crippen molar-refractivity contribution in [2.24, 2.45) is 11.7 Å². The standard InChI is InChI=1S/C17H23N5O3/c1-10-7-13(21-18)11(2)6-12(10)20-14-8-17(24)15(9-16(14)23)22(3)4-5-25-19/h6-9,20-21H,4-5,18-19H2,1-3H3. The molecule has 0 aliphatic heterocycles. The van der Waals surface area contributed by atoms with Gasteiger partial charge in [0.2, 0.25) is 11.6 Å². The normalized spacial score (nSPS) is 14.1. The van der Waals surface area contributed by atoms with Crippen LogP contribution in [-0.2, 0) is 14.4 Å². The number of anilines is 2. The topological polar surface area (TPSA) is 123 Å². The van der Waals surface area contributed by atoms with Gasteiger partial charge in [-0.2, -0.15) is 0 Å². The number of nitrogens with two attached hydrogens (primary N) is 2. The van der Waals surface area contributed by atoms with Crippen LogP contribution >= 0.6 is 0 Å². The van der Waals surface area contributed by atoms with Crippen LogP contribution in [0.25, 0.3) is 0 Å². The van der Waals surface area contributed by atoms with Crippen molar-refractivity contribution in [1.82, 2.24) is 4.90 Å². The molecule has 0 saturated heterocycles. The average Bonchev–Trinajstić information content (AvgIpc) is 2.58. The molecule has 8 nitrogen and oxygen atoms in total. The molecule has 0 radical (unpaired) electrons. The molecule has 1 aliphatic carbocycles. The number of nitrogens with zero attached hydrogens (tertiary/aromatic N) is 1. The van der Waals surface area contributed by atoms with Crippen LogP contribution in [0.1, 0.15) is 11.1 Å². The summed E-state index contributed by atoms with van der Waals surface area (Å²) < 4.78 is 0. The monoisotopic (exact) mass is 345 g/mol. The quantitative estimate of drug-likeness (QED) is 0.324. The van der Waals surface area contributed by atoms with Crippen LogP contribution < -0.4 is 22.5 Å². The third-order valence-electron chi connectivity index (χ3n) is 4.01. The van der Waals surface area contributed by atoms with Crippen LogP contribution in [-0.4, -0.2) is 36.7 Å². The Morgan fingerprint density at radius 1 is 1.08 bits per heavy atom. The predicted octanol–water partition coefficient (Wildman–Crippen LogP) is 0.743. The lowest BCUT2D eigenvalue weighted by molar-refractivity contribution is -0.116. The van der Waals surface area contributed by atoms with E-state index < -0.39 is 0 Å². The summed E-state index contributed by atoms with van der Waals surface area (Å²) in [6.07, 6.45) is 2.63. The molecule has 8 heteroatoms. The number of aryl methyl sites for hydroxylation is 2. The van der Waals surface area contributed by atoms with Crippen LogP contribution in [0.4, 0.5) is 11.4 Å². The van der Waals surface area contributed by atoms with Gasteiger partial charge in [0.1, 0.15) is 0 Å². The van der Waals surface area contributed by atoms with E-state index in [4.69, 9.17) is 11.7 Å². The van der Waals surface area contributed by atoms with Crippen molar-refractivity contribution in [2.45, 2.75) is 13.8 Å². The first-order valence-corrected chi connectivity index (χ1v) is 7.77. The van der Waals surface area contributed by atoms with E-state index in [2.05, 4.69) is 15.6 Å². The number of ketones is 2. The van der Waals surface area contributed by atoms with Gasteiger partial charge in [-0.3, -0.25) is 15.4 Å². The van der Waals surface area contributed by atoms with Crippen LogP contribution in [0.15, 0.2) is 35.7 Å². The summed E-state index contributed by atoms with van der Waals surface area (Å²) >= 11 is 0. The molecule has 1 aliphatic rings. The van der Waals surface area contributed by atoms with Crippen molar-refractivity contribution in [1.29, 1.82) is 0 Å². The zero-order valence-electron chi connectivity index (χ0n) is 14.6. The van der Waals surface area contributed by atoms with E-state index in [1.807, 2.05) is 26.0 Å². The molecule has 2 rings (SSSR count). The number of hydrazine groups is 1. The highest BCUT2D eigenvalue weighted by molar-refractivity contribution is 6.20. The molecule has 0 heterocycles. The van der Waals surface area contributed by atoms with Gasteiger partial charge in [-0.15, -0.1) is 0 Å². The fraction of sp³-hybridized carbons (Fsp3) is 0.294. The van der Waals surface area contributed by atoms with Crippen LogP contribution in [0, 0.1) is 13.8 Å². The number of carbonyl (C=O) groups is 2. The molecule has 0 fully saturated rings. The molecule has 0 amide bonds. The number of allylic oxidation sites excluding steroid dienone is 2. The van der Waals surface area contributed by atoms with Crippen molar-refractivity contribution in [3.05, 3.63) is 46.8 Å². The summed E-state index contributed by atoms with van der Waals surface area (Å²) in [7, 11) is 1.70. The van der Waals surface area contributed by atoms with Crippen molar-refractivity contribution >= 4 is 22.9 Å². The minimum Gasteiger partial charge on any atom is -0.369 e. The number of nitrogens with one attached hydrogen (secondary N) is 2. The maximum atomic E-state index is 12.4. The summed E-state index contributed by atoms with van der Waals surface area (Å²) in [4.78, 5) is 30.8. The molecule has 6 N–H and O–H groups in total. The molecule has 134 valence electrons. The molecule has 0 atom stereocenters. The van der Waals surface area contributed by atoms with Gasteiger partial charge >= 0.3 is 0 Å². The number of hydrogen-bond donors (Lipinski definition) is 4. The van der Waals surface area contributed by atoms with Gasteiger partial charge in [-0.25, -0.2) is 5.90 Å². The fourth-order valence-electron chi connectivity index (χ4n) is 2.51. The minimum atomic E-state index is -0.270. The number of rotatable bonds is 7. The highest BCUT2D eigenvalue weighted by Gasteiger charge is 2.23. The molecule has 0 spiro atoms. The van der Waals surface area contributed by atoms with Crippen molar-refractivity contribution in [2.75, 3.05) is 30.9 Å². The van der Waals surface area contributed by atoms with Gasteiger partial charge < -0.3 is 20.5 Å². The Bertz CT molecular complexity index is 755. The van der Waals surface area contributed by atoms with Gasteiger partial charge in [-0.1, -0.05) is 0 Å². The largest absolute Gasteiger partial charge is 0.369 e. The number of benzene rings is 1. The second-order valence-electron chi connectivity index (χ2n) is 5.86. The molecule has 0 bridgehead atoms. The minimum absolute atomic E-state index is 0.230. The summed E-state index contributed by atoms with van der Waals surface area (Å²) in [5.41, 5.74) is 6.51. The third kappa shape index (κ3) is 4.24. The lowest BCUT2D eigenvalue weighted by Gasteiger charge is -2.23. The first-order chi connectivity index (χ1) is 11.9. The lowest BCUT2D eigenvalue weighted by atomic mass is 10.0. The Hall–Kier alpha value is -2.68. The Balaban J connectivity index is 2.19. The Morgan fingerprint density at radius 2 is 1.72 bits per heavy atom. The number of likely N-dealkylation sites (N-methyl/N-ethyl adjacent to an activating group) is 1. The highest BCUT2D eigenvalue weighted by Crippen LogP contribution is 2.26. The van der Waals surface area contributed by atoms with Gasteiger partial charge in [0, 0.05) is 31.4 Å². The van der Waals surface area contributed by atoms with Crippen LogP contribution in [0.3, 0.4) is 0 Å². The van der Waals surface area contributed by atoms with Gasteiger partial charge in [-0.05, 0) is 37.1 Å². The first kappa shape index (κ1) is 18.7. The Labute approximate surface area is 146 Å². The van der Waals surface area contributed by atoms with E-state index in [9.17, 15) is 9.59 Å². The maximum Gasteiger partial charge on any atom is 0.204 e. The SMILES string of the molecule is Cc1cc(NC2=CC(=O)C(N(C)CCON)=CC2=O)c(C)cc1NN. The van der Waals surface area contributed by atoms with Gasteiger partial charge in [0.25, 0.3) is 0 Å². The lowest BCUT2D eigenvalue weighted by Crippen LogP contribution is -2.31. The van der Waals surface area contributed by atoms with Gasteiger partial charge in [0.15, 0.2) is 0 Å². The van der Waals surface area contributed by atoms with E-state index in [1.54, 1.807) is 11.9 Å². The second-order valence-corrected chi connectivity index (χ2v) is 5.86. The molecular formula is C17H23N5O3. The maximum absolute atomic E-state index is 12.4. The van der Waals surface area contributed by atoms with Crippen LogP contribution in [0.2, 0.25) is 0 Å². The second kappa shape index (κ2) is 7.93. The smallest absolute Gasteiger partial charge is 0.204 e. The molecule has 25 heavy (non-hydrogen) atoms. The zero-order chi connectivity index (χ0) is 18.6. The summed E-state index contributed by atoms with van der Waals surface area (Å²) in [5, 5.41) is 3.04. The zero-order valence-corrected chi connectivity index (χ0v) is 14.6. The van der Waals surface area contributed by atoms with Crippen LogP contribution in [0.5, 0.6) is 0 Å². The van der Waals surface area contributed by atoms with E-state index in [0.717, 1.165) is 22.5 Å². The molecule has 0 saturated carbocycles. The Kier molecular flexibility index (Phi) is 5.92. The van der Waals surface area contributed by atoms with E-state index in [1.165, 1.54) is 12.2 Å². The van der Waals surface area contributed by atoms with Crippen molar-refractivity contribution in [3.8, 4) is 0 Å². The molecule has 0 unspecified atom stereocenters. The predicted molar refractivity (Wildman–Crippen MR) is 96.3 cm³/mol. The first-order valence-electron chi connectivity index (χ1n) is 7.77. The summed E-state index contributed by atoms with van der Waals surface area (Å²) in [6.45, 7) is 4.45. The summed E-state index contributed by atoms with van der Waals surface area (Å²) in [5.74, 6) is 9.93. The number of carbonyl (C=O) groups excluding carboxylic acids is 2. The van der Waals surface area contributed by atoms with E-state index in [0.29, 0.717) is 12.2 Å². The van der Waals surface area contributed by atoms with E-state index in [-0.39, 0.29) is 23.9 Å². The average molecular weight is 345 g/mol. The molecule has 1 aromatic carbocycles. The Morgan fingerprint density at radius 3 is 2.36 bits per heavy atom. The third-order valence-corrected chi connectivity index (χ3v) is 4.01. The molecular weight excluding hydrogens is 322 g/mol. The number of hydrogen-bond acceptors (Lipinski definition) is 8. The number of nitrogen functional groups attached to an aromatic ring is 1. The van der Waals surface area contributed by atoms with E-state index >= 15 is 0 Å². The van der Waals surface area contributed by atoms with Crippen molar-refractivity contribution in [3.63, 3.8) is 0 Å².